The summed E-state index contributed by atoms with van der Waals surface area (Å²) in [5.41, 5.74) is 4.44. The predicted octanol–water partition coefficient (Wildman–Crippen LogP) is 2.21. The molecule has 1 rings (SSSR count). The van der Waals surface area contributed by atoms with Crippen LogP contribution in [-0.4, -0.2) is 18.9 Å². The Labute approximate surface area is 122 Å². The summed E-state index contributed by atoms with van der Waals surface area (Å²) in [7, 11) is -4.02. The first kappa shape index (κ1) is 16.3. The standard InChI is InChI=1S/C11H14ClFN2O2S2/c1-3-11(2,10(14)18)15-19(16,17)9-6-7(13)4-5-8(9)12/h4-6,15H,3H2,1-2H3,(H2,14,18). The lowest BCUT2D eigenvalue weighted by atomic mass is 10.0. The summed E-state index contributed by atoms with van der Waals surface area (Å²) in [4.78, 5) is -0.337. The van der Waals surface area contributed by atoms with Gasteiger partial charge in [-0.2, -0.15) is 4.72 Å². The molecule has 0 aliphatic heterocycles. The molecule has 1 aromatic rings. The van der Waals surface area contributed by atoms with Crippen LogP contribution in [0.15, 0.2) is 23.1 Å². The fourth-order valence-corrected chi connectivity index (χ4v) is 3.56. The third kappa shape index (κ3) is 3.62. The number of thiocarbonyl (C=S) groups is 1. The first-order chi connectivity index (χ1) is 8.62. The maximum atomic E-state index is 13.1. The molecule has 0 amide bonds. The van der Waals surface area contributed by atoms with Crippen LogP contribution >= 0.6 is 23.8 Å². The average molecular weight is 325 g/mol. The zero-order chi connectivity index (χ0) is 14.8. The van der Waals surface area contributed by atoms with Crippen LogP contribution in [0.5, 0.6) is 0 Å². The molecule has 0 saturated heterocycles. The van der Waals surface area contributed by atoms with E-state index in [1.165, 1.54) is 6.07 Å². The van der Waals surface area contributed by atoms with E-state index >= 15 is 0 Å². The van der Waals surface area contributed by atoms with Crippen LogP contribution < -0.4 is 10.5 Å². The number of rotatable bonds is 5. The van der Waals surface area contributed by atoms with Crippen LogP contribution in [0.25, 0.3) is 0 Å². The summed E-state index contributed by atoms with van der Waals surface area (Å²) in [6, 6.07) is 3.10. The molecule has 1 atom stereocenters. The average Bonchev–Trinajstić information content (AvgIpc) is 2.31. The molecule has 1 unspecified atom stereocenters. The van der Waals surface area contributed by atoms with E-state index in [0.717, 1.165) is 12.1 Å². The highest BCUT2D eigenvalue weighted by atomic mass is 35.5. The Morgan fingerprint density at radius 1 is 1.58 bits per heavy atom. The van der Waals surface area contributed by atoms with Crippen molar-refractivity contribution in [2.24, 2.45) is 5.73 Å². The number of nitrogens with two attached hydrogens (primary N) is 1. The molecule has 0 aliphatic carbocycles. The molecule has 4 nitrogen and oxygen atoms in total. The molecule has 0 aliphatic rings. The summed E-state index contributed by atoms with van der Waals surface area (Å²) in [6.45, 7) is 3.29. The zero-order valence-electron chi connectivity index (χ0n) is 10.4. The van der Waals surface area contributed by atoms with E-state index in [4.69, 9.17) is 29.6 Å². The van der Waals surface area contributed by atoms with Crippen LogP contribution in [0.2, 0.25) is 5.02 Å². The quantitative estimate of drug-likeness (QED) is 0.815. The predicted molar refractivity (Wildman–Crippen MR) is 77.2 cm³/mol. The number of nitrogens with one attached hydrogen (secondary N) is 1. The Morgan fingerprint density at radius 3 is 2.63 bits per heavy atom. The fourth-order valence-electron chi connectivity index (χ4n) is 1.33. The molecule has 0 aromatic heterocycles. The smallest absolute Gasteiger partial charge is 0.243 e. The Bertz CT molecular complexity index is 607. The lowest BCUT2D eigenvalue weighted by molar-refractivity contribution is 0.510. The molecular weight excluding hydrogens is 311 g/mol. The van der Waals surface area contributed by atoms with E-state index in [2.05, 4.69) is 4.72 Å². The fraction of sp³-hybridized carbons (Fsp3) is 0.364. The van der Waals surface area contributed by atoms with Crippen LogP contribution in [0.1, 0.15) is 20.3 Å². The van der Waals surface area contributed by atoms with Gasteiger partial charge in [0.05, 0.1) is 15.6 Å². The number of hydrogen-bond acceptors (Lipinski definition) is 3. The molecule has 0 bridgehead atoms. The Balaban J connectivity index is 3.26. The summed E-state index contributed by atoms with van der Waals surface area (Å²) in [5, 5.41) is -0.0738. The van der Waals surface area contributed by atoms with Gasteiger partial charge in [-0.25, -0.2) is 12.8 Å². The number of halogens is 2. The largest absolute Gasteiger partial charge is 0.392 e. The van der Waals surface area contributed by atoms with Gasteiger partial charge in [0.2, 0.25) is 10.0 Å². The zero-order valence-corrected chi connectivity index (χ0v) is 12.8. The maximum Gasteiger partial charge on any atom is 0.243 e. The highest BCUT2D eigenvalue weighted by Gasteiger charge is 2.32. The molecule has 0 heterocycles. The minimum Gasteiger partial charge on any atom is -0.392 e. The monoisotopic (exact) mass is 324 g/mol. The lowest BCUT2D eigenvalue weighted by Gasteiger charge is -2.28. The Hall–Kier alpha value is -0.760. The first-order valence-electron chi connectivity index (χ1n) is 5.41. The molecule has 0 saturated carbocycles. The van der Waals surface area contributed by atoms with Crippen molar-refractivity contribution in [1.82, 2.24) is 4.72 Å². The van der Waals surface area contributed by atoms with Crippen LogP contribution in [0.4, 0.5) is 4.39 Å². The van der Waals surface area contributed by atoms with Gasteiger partial charge < -0.3 is 5.73 Å². The van der Waals surface area contributed by atoms with Crippen molar-refractivity contribution >= 4 is 38.8 Å². The van der Waals surface area contributed by atoms with Crippen molar-refractivity contribution < 1.29 is 12.8 Å². The van der Waals surface area contributed by atoms with Crippen molar-refractivity contribution in [3.05, 3.63) is 29.0 Å². The van der Waals surface area contributed by atoms with Gasteiger partial charge in [-0.05, 0) is 31.5 Å². The SMILES string of the molecule is CCC(C)(NS(=O)(=O)c1cc(F)ccc1Cl)C(N)=S. The summed E-state index contributed by atoms with van der Waals surface area (Å²) >= 11 is 10.6. The molecule has 3 N–H and O–H groups in total. The third-order valence-corrected chi connectivity index (χ3v) is 5.32. The maximum absolute atomic E-state index is 13.1. The first-order valence-corrected chi connectivity index (χ1v) is 7.68. The van der Waals surface area contributed by atoms with Crippen LogP contribution in [0, 0.1) is 5.82 Å². The number of sulfonamides is 1. The van der Waals surface area contributed by atoms with Crippen molar-refractivity contribution in [1.29, 1.82) is 0 Å². The molecule has 0 spiro atoms. The molecule has 0 radical (unpaired) electrons. The van der Waals surface area contributed by atoms with E-state index in [0.29, 0.717) is 6.42 Å². The minimum absolute atomic E-state index is 0.00565. The van der Waals surface area contributed by atoms with E-state index in [-0.39, 0.29) is 14.9 Å². The van der Waals surface area contributed by atoms with E-state index < -0.39 is 21.4 Å². The van der Waals surface area contributed by atoms with Gasteiger partial charge in [0.15, 0.2) is 0 Å². The lowest BCUT2D eigenvalue weighted by Crippen LogP contribution is -2.53. The van der Waals surface area contributed by atoms with Crippen molar-refractivity contribution in [3.8, 4) is 0 Å². The van der Waals surface area contributed by atoms with E-state index in [9.17, 15) is 12.8 Å². The van der Waals surface area contributed by atoms with Crippen molar-refractivity contribution in [2.75, 3.05) is 0 Å². The topological polar surface area (TPSA) is 72.2 Å². The van der Waals surface area contributed by atoms with Gasteiger partial charge in [0.25, 0.3) is 0 Å². The van der Waals surface area contributed by atoms with Gasteiger partial charge >= 0.3 is 0 Å². The van der Waals surface area contributed by atoms with Gasteiger partial charge in [0, 0.05) is 0 Å². The second-order valence-electron chi connectivity index (χ2n) is 4.23. The van der Waals surface area contributed by atoms with Crippen LogP contribution in [0.3, 0.4) is 0 Å². The Kier molecular flexibility index (Phi) is 4.89. The summed E-state index contributed by atoms with van der Waals surface area (Å²) in [6.07, 6.45) is 0.356. The van der Waals surface area contributed by atoms with Gasteiger partial charge in [-0.15, -0.1) is 0 Å². The van der Waals surface area contributed by atoms with Crippen molar-refractivity contribution in [2.45, 2.75) is 30.7 Å². The van der Waals surface area contributed by atoms with Gasteiger partial charge in [0.1, 0.15) is 10.7 Å². The third-order valence-electron chi connectivity index (χ3n) is 2.79. The van der Waals surface area contributed by atoms with Gasteiger partial charge in [-0.3, -0.25) is 0 Å². The summed E-state index contributed by atoms with van der Waals surface area (Å²) < 4.78 is 39.9. The van der Waals surface area contributed by atoms with Gasteiger partial charge in [-0.1, -0.05) is 30.7 Å². The molecular formula is C11H14ClFN2O2S2. The second-order valence-corrected chi connectivity index (χ2v) is 6.73. The number of hydrogen-bond donors (Lipinski definition) is 2. The highest BCUT2D eigenvalue weighted by molar-refractivity contribution is 7.89. The molecule has 19 heavy (non-hydrogen) atoms. The normalized spacial score (nSPS) is 14.9. The highest BCUT2D eigenvalue weighted by Crippen LogP contribution is 2.24. The van der Waals surface area contributed by atoms with E-state index in [1.807, 2.05) is 0 Å². The van der Waals surface area contributed by atoms with Crippen LogP contribution in [-0.2, 0) is 10.0 Å². The van der Waals surface area contributed by atoms with Crippen molar-refractivity contribution in [3.63, 3.8) is 0 Å². The Morgan fingerprint density at radius 2 is 2.16 bits per heavy atom. The second kappa shape index (κ2) is 5.70. The molecule has 106 valence electrons. The minimum atomic E-state index is -4.02. The number of benzene rings is 1. The molecule has 8 heteroatoms. The molecule has 1 aromatic carbocycles. The molecule has 0 fully saturated rings. The summed E-state index contributed by atoms with van der Waals surface area (Å²) in [5.74, 6) is -0.696. The van der Waals surface area contributed by atoms with E-state index in [1.54, 1.807) is 13.8 Å².